The molecule has 33 heavy (non-hydrogen) atoms. The standard InChI is InChI=1S/C22H23F4N5O2/c23-18-10-16(28-21(33)15-12-31(13-15)19-2-1-7-27-29-19)3-4-17(18)14-5-8-30(9-6-14)20(32)11-22(24,25)26/h1-4,7,10,14-15H,5-6,8-9,11-13H2,(H,28,33). The maximum Gasteiger partial charge on any atom is 0.397 e. The van der Waals surface area contributed by atoms with Crippen LogP contribution in [0.2, 0.25) is 0 Å². The molecule has 2 saturated heterocycles. The van der Waals surface area contributed by atoms with Gasteiger partial charge in [0.2, 0.25) is 11.8 Å². The van der Waals surface area contributed by atoms with Crippen LogP contribution in [0.25, 0.3) is 0 Å². The molecule has 0 aliphatic carbocycles. The summed E-state index contributed by atoms with van der Waals surface area (Å²) in [5.41, 5.74) is 0.783. The van der Waals surface area contributed by atoms with Gasteiger partial charge in [-0.05, 0) is 48.6 Å². The van der Waals surface area contributed by atoms with Gasteiger partial charge < -0.3 is 15.1 Å². The predicted molar refractivity (Wildman–Crippen MR) is 112 cm³/mol. The summed E-state index contributed by atoms with van der Waals surface area (Å²) >= 11 is 0. The zero-order valence-electron chi connectivity index (χ0n) is 17.7. The molecule has 2 aromatic rings. The number of rotatable bonds is 5. The van der Waals surface area contributed by atoms with Crippen molar-refractivity contribution in [2.75, 3.05) is 36.4 Å². The average Bonchev–Trinajstić information content (AvgIpc) is 2.72. The minimum Gasteiger partial charge on any atom is -0.353 e. The normalized spacial score (nSPS) is 17.6. The Morgan fingerprint density at radius 3 is 2.45 bits per heavy atom. The van der Waals surface area contributed by atoms with Crippen molar-refractivity contribution in [2.24, 2.45) is 5.92 Å². The van der Waals surface area contributed by atoms with E-state index in [0.29, 0.717) is 43.0 Å². The van der Waals surface area contributed by atoms with Crippen molar-refractivity contribution in [3.8, 4) is 0 Å². The minimum atomic E-state index is -4.53. The molecule has 0 radical (unpaired) electrons. The zero-order chi connectivity index (χ0) is 23.6. The van der Waals surface area contributed by atoms with Crippen LogP contribution in [0, 0.1) is 11.7 Å². The van der Waals surface area contributed by atoms with Crippen molar-refractivity contribution in [2.45, 2.75) is 31.4 Å². The number of alkyl halides is 3. The maximum absolute atomic E-state index is 14.7. The lowest BCUT2D eigenvalue weighted by Crippen LogP contribution is -2.52. The fraction of sp³-hybridized carbons (Fsp3) is 0.455. The van der Waals surface area contributed by atoms with Crippen LogP contribution in [0.1, 0.15) is 30.7 Å². The molecule has 1 aromatic heterocycles. The molecule has 2 amide bonds. The second kappa shape index (κ2) is 9.32. The molecular weight excluding hydrogens is 442 g/mol. The van der Waals surface area contributed by atoms with Crippen LogP contribution in [0.15, 0.2) is 36.5 Å². The summed E-state index contributed by atoms with van der Waals surface area (Å²) in [5, 5.41) is 10.5. The first-order valence-electron chi connectivity index (χ1n) is 10.7. The van der Waals surface area contributed by atoms with Gasteiger partial charge in [0.1, 0.15) is 12.2 Å². The summed E-state index contributed by atoms with van der Waals surface area (Å²) in [5.74, 6) is -1.39. The van der Waals surface area contributed by atoms with Crippen LogP contribution in [-0.4, -0.2) is 59.3 Å². The van der Waals surface area contributed by atoms with E-state index in [0.717, 1.165) is 0 Å². The van der Waals surface area contributed by atoms with Crippen molar-refractivity contribution in [3.63, 3.8) is 0 Å². The number of likely N-dealkylation sites (tertiary alicyclic amines) is 1. The van der Waals surface area contributed by atoms with Gasteiger partial charge in [-0.3, -0.25) is 9.59 Å². The topological polar surface area (TPSA) is 78.4 Å². The Bertz CT molecular complexity index is 1000. The van der Waals surface area contributed by atoms with Crippen molar-refractivity contribution in [3.05, 3.63) is 47.9 Å². The zero-order valence-corrected chi connectivity index (χ0v) is 17.7. The lowest BCUT2D eigenvalue weighted by atomic mass is 9.88. The SMILES string of the molecule is O=C(Nc1ccc(C2CCN(C(=O)CC(F)(F)F)CC2)c(F)c1)C1CN(c2cccnn2)C1. The number of aromatic nitrogens is 2. The van der Waals surface area contributed by atoms with E-state index >= 15 is 0 Å². The highest BCUT2D eigenvalue weighted by Gasteiger charge is 2.36. The third kappa shape index (κ3) is 5.58. The van der Waals surface area contributed by atoms with Gasteiger partial charge in [-0.15, -0.1) is 5.10 Å². The Morgan fingerprint density at radius 2 is 1.85 bits per heavy atom. The van der Waals surface area contributed by atoms with Gasteiger partial charge in [0.25, 0.3) is 0 Å². The van der Waals surface area contributed by atoms with Gasteiger partial charge in [-0.25, -0.2) is 4.39 Å². The van der Waals surface area contributed by atoms with Gasteiger partial charge in [-0.2, -0.15) is 18.3 Å². The molecule has 2 aliphatic rings. The molecule has 2 aliphatic heterocycles. The van der Waals surface area contributed by atoms with Crippen LogP contribution in [0.4, 0.5) is 29.1 Å². The predicted octanol–water partition coefficient (Wildman–Crippen LogP) is 3.35. The molecule has 1 N–H and O–H groups in total. The number of hydrogen-bond acceptors (Lipinski definition) is 5. The highest BCUT2D eigenvalue weighted by Crippen LogP contribution is 2.32. The molecule has 7 nitrogen and oxygen atoms in total. The molecule has 3 heterocycles. The van der Waals surface area contributed by atoms with E-state index in [1.54, 1.807) is 24.4 Å². The molecule has 11 heteroatoms. The molecular formula is C22H23F4N5O2. The van der Waals surface area contributed by atoms with E-state index in [-0.39, 0.29) is 30.8 Å². The first-order chi connectivity index (χ1) is 15.7. The quantitative estimate of drug-likeness (QED) is 0.686. The lowest BCUT2D eigenvalue weighted by molar-refractivity contribution is -0.162. The third-order valence-electron chi connectivity index (χ3n) is 6.04. The average molecular weight is 465 g/mol. The number of piperidine rings is 1. The third-order valence-corrected chi connectivity index (χ3v) is 6.04. The van der Waals surface area contributed by atoms with Gasteiger partial charge >= 0.3 is 6.18 Å². The largest absolute Gasteiger partial charge is 0.397 e. The summed E-state index contributed by atoms with van der Waals surface area (Å²) in [6.45, 7) is 1.30. The number of hydrogen-bond donors (Lipinski definition) is 1. The Hall–Kier alpha value is -3.24. The van der Waals surface area contributed by atoms with E-state index in [2.05, 4.69) is 15.5 Å². The summed E-state index contributed by atoms with van der Waals surface area (Å²) in [6.07, 6.45) is -3.67. The van der Waals surface area contributed by atoms with Gasteiger partial charge in [0, 0.05) is 38.1 Å². The van der Waals surface area contributed by atoms with Gasteiger partial charge in [0.15, 0.2) is 5.82 Å². The molecule has 0 bridgehead atoms. The van der Waals surface area contributed by atoms with Crippen LogP contribution >= 0.6 is 0 Å². The van der Waals surface area contributed by atoms with Crippen molar-refractivity contribution in [1.29, 1.82) is 0 Å². The number of benzene rings is 1. The molecule has 0 spiro atoms. The van der Waals surface area contributed by atoms with E-state index in [1.807, 2.05) is 11.0 Å². The number of nitrogens with zero attached hydrogens (tertiary/aromatic N) is 4. The van der Waals surface area contributed by atoms with Crippen molar-refractivity contribution >= 4 is 23.3 Å². The maximum atomic E-state index is 14.7. The highest BCUT2D eigenvalue weighted by molar-refractivity contribution is 5.94. The lowest BCUT2D eigenvalue weighted by Gasteiger charge is -2.38. The molecule has 176 valence electrons. The molecule has 2 fully saturated rings. The molecule has 0 saturated carbocycles. The molecule has 0 unspecified atom stereocenters. The fourth-order valence-corrected chi connectivity index (χ4v) is 4.20. The van der Waals surface area contributed by atoms with Crippen LogP contribution in [0.3, 0.4) is 0 Å². The fourth-order valence-electron chi connectivity index (χ4n) is 4.20. The Morgan fingerprint density at radius 1 is 1.12 bits per heavy atom. The van der Waals surface area contributed by atoms with Crippen molar-refractivity contribution < 1.29 is 27.2 Å². The first kappa shape index (κ1) is 22.9. The summed E-state index contributed by atoms with van der Waals surface area (Å²) in [4.78, 5) is 27.3. The second-order valence-electron chi connectivity index (χ2n) is 8.36. The first-order valence-corrected chi connectivity index (χ1v) is 10.7. The number of halogens is 4. The van der Waals surface area contributed by atoms with Crippen LogP contribution < -0.4 is 10.2 Å². The van der Waals surface area contributed by atoms with E-state index in [1.165, 1.54) is 11.0 Å². The monoisotopic (exact) mass is 465 g/mol. The van der Waals surface area contributed by atoms with Crippen LogP contribution in [0.5, 0.6) is 0 Å². The minimum absolute atomic E-state index is 0.154. The summed E-state index contributed by atoms with van der Waals surface area (Å²) < 4.78 is 52.0. The number of amides is 2. The Kier molecular flexibility index (Phi) is 6.48. The van der Waals surface area contributed by atoms with Gasteiger partial charge in [-0.1, -0.05) is 6.07 Å². The van der Waals surface area contributed by atoms with E-state index < -0.39 is 24.3 Å². The van der Waals surface area contributed by atoms with E-state index in [9.17, 15) is 27.2 Å². The Balaban J connectivity index is 1.28. The summed E-state index contributed by atoms with van der Waals surface area (Å²) in [7, 11) is 0. The number of anilines is 2. The smallest absolute Gasteiger partial charge is 0.353 e. The molecule has 0 atom stereocenters. The summed E-state index contributed by atoms with van der Waals surface area (Å²) in [6, 6.07) is 8.05. The highest BCUT2D eigenvalue weighted by atomic mass is 19.4. The molecule has 1 aromatic carbocycles. The Labute approximate surface area is 187 Å². The van der Waals surface area contributed by atoms with Crippen molar-refractivity contribution in [1.82, 2.24) is 15.1 Å². The second-order valence-corrected chi connectivity index (χ2v) is 8.36. The number of carbonyl (C=O) groups excluding carboxylic acids is 2. The molecule has 4 rings (SSSR count). The van der Waals surface area contributed by atoms with Gasteiger partial charge in [0.05, 0.1) is 5.92 Å². The van der Waals surface area contributed by atoms with E-state index in [4.69, 9.17) is 0 Å². The number of nitrogens with one attached hydrogen (secondary N) is 1. The number of carbonyl (C=O) groups is 2. The van der Waals surface area contributed by atoms with Crippen LogP contribution in [-0.2, 0) is 9.59 Å².